The van der Waals surface area contributed by atoms with Gasteiger partial charge < -0.3 is 9.88 Å². The fourth-order valence-corrected chi connectivity index (χ4v) is 7.78. The number of nitrogens with zero attached hydrogens (tertiary/aromatic N) is 2. The van der Waals surface area contributed by atoms with Gasteiger partial charge in [0.2, 0.25) is 0 Å². The lowest BCUT2D eigenvalue weighted by Gasteiger charge is -2.27. The summed E-state index contributed by atoms with van der Waals surface area (Å²) in [6.07, 6.45) is 5.41. The zero-order chi connectivity index (χ0) is 30.4. The van der Waals surface area contributed by atoms with E-state index in [0.717, 1.165) is 62.7 Å². The predicted octanol–water partition coefficient (Wildman–Crippen LogP) is 7.02. The van der Waals surface area contributed by atoms with Crippen LogP contribution in [-0.4, -0.2) is 28.3 Å². The van der Waals surface area contributed by atoms with Crippen molar-refractivity contribution in [3.05, 3.63) is 103 Å². The third-order valence-electron chi connectivity index (χ3n) is 7.89. The first-order valence-corrected chi connectivity index (χ1v) is 15.6. The number of aromatic nitrogens is 1. The third-order valence-corrected chi connectivity index (χ3v) is 9.66. The molecule has 5 amide bonds. The molecule has 0 unspecified atom stereocenters. The van der Waals surface area contributed by atoms with E-state index in [1.807, 2.05) is 54.8 Å². The molecule has 6 rings (SSSR count). The normalized spacial score (nSPS) is 16.0. The van der Waals surface area contributed by atoms with Crippen molar-refractivity contribution in [1.29, 1.82) is 0 Å². The Hall–Kier alpha value is -4.28. The summed E-state index contributed by atoms with van der Waals surface area (Å²) in [6, 6.07) is 15.7. The summed E-state index contributed by atoms with van der Waals surface area (Å²) in [4.78, 5) is 55.3. The number of hydrogen-bond donors (Lipinski definition) is 2. The summed E-state index contributed by atoms with van der Waals surface area (Å²) < 4.78 is 2.84. The number of hydrogen-bond acceptors (Lipinski definition) is 5. The van der Waals surface area contributed by atoms with Crippen LogP contribution in [0.1, 0.15) is 56.2 Å². The van der Waals surface area contributed by atoms with Crippen molar-refractivity contribution >= 4 is 68.5 Å². The Morgan fingerprint density at radius 3 is 2.49 bits per heavy atom. The minimum atomic E-state index is -0.790. The predicted molar refractivity (Wildman–Crippen MR) is 172 cm³/mol. The van der Waals surface area contributed by atoms with E-state index in [4.69, 9.17) is 0 Å². The van der Waals surface area contributed by atoms with Crippen molar-refractivity contribution in [3.8, 4) is 5.00 Å². The summed E-state index contributed by atoms with van der Waals surface area (Å²) in [5, 5.41) is 6.20. The van der Waals surface area contributed by atoms with Crippen LogP contribution in [-0.2, 0) is 22.4 Å². The van der Waals surface area contributed by atoms with Gasteiger partial charge in [0, 0.05) is 26.4 Å². The van der Waals surface area contributed by atoms with Crippen molar-refractivity contribution in [1.82, 2.24) is 9.88 Å². The summed E-state index contributed by atoms with van der Waals surface area (Å²) in [5.41, 5.74) is 5.72. The molecular weight excluding hydrogens is 628 g/mol. The van der Waals surface area contributed by atoms with E-state index in [2.05, 4.69) is 26.6 Å². The van der Waals surface area contributed by atoms with Crippen LogP contribution in [0.25, 0.3) is 11.1 Å². The highest BCUT2D eigenvalue weighted by Gasteiger charge is 2.38. The van der Waals surface area contributed by atoms with E-state index in [-0.39, 0.29) is 11.5 Å². The van der Waals surface area contributed by atoms with Gasteiger partial charge in [0.05, 0.1) is 11.3 Å². The number of carbonyl (C=O) groups is 4. The second-order valence-electron chi connectivity index (χ2n) is 10.8. The second kappa shape index (κ2) is 11.4. The van der Waals surface area contributed by atoms with Crippen LogP contribution in [0, 0.1) is 20.8 Å². The fourth-order valence-electron chi connectivity index (χ4n) is 5.81. The number of imide groups is 2. The number of rotatable bonds is 5. The number of aryl methyl sites for hydroxylation is 3. The molecule has 2 aliphatic rings. The van der Waals surface area contributed by atoms with E-state index in [1.54, 1.807) is 36.5 Å². The molecule has 0 saturated carbocycles. The molecule has 0 atom stereocenters. The number of carbonyl (C=O) groups excluding carboxylic acids is 4. The number of nitrogens with one attached hydrogen (secondary N) is 2. The van der Waals surface area contributed by atoms with Gasteiger partial charge in [0.25, 0.3) is 17.7 Å². The Labute approximate surface area is 261 Å². The SMILES string of the molecule is Cc1cc(Br)ccc1N1C(=O)NC(=O)/C(=C\c2cc(C)n(-c3sc4c(c3C(=O)Nc3ccccc3)CCCC4)c2C)C1=O. The number of benzene rings is 2. The lowest BCUT2D eigenvalue weighted by Crippen LogP contribution is -2.54. The summed E-state index contributed by atoms with van der Waals surface area (Å²) in [5.74, 6) is -1.60. The molecule has 1 fully saturated rings. The molecule has 1 aliphatic heterocycles. The van der Waals surface area contributed by atoms with Gasteiger partial charge in [-0.15, -0.1) is 11.3 Å². The molecule has 0 spiro atoms. The molecule has 2 aromatic heterocycles. The smallest absolute Gasteiger partial charge is 0.322 e. The highest BCUT2D eigenvalue weighted by molar-refractivity contribution is 9.10. The lowest BCUT2D eigenvalue weighted by atomic mass is 9.95. The number of fused-ring (bicyclic) bond motifs is 1. The topological polar surface area (TPSA) is 101 Å². The lowest BCUT2D eigenvalue weighted by molar-refractivity contribution is -0.122. The maximum absolute atomic E-state index is 13.8. The van der Waals surface area contributed by atoms with Gasteiger partial charge in [-0.3, -0.25) is 19.7 Å². The highest BCUT2D eigenvalue weighted by Crippen LogP contribution is 2.39. The number of anilines is 2. The van der Waals surface area contributed by atoms with E-state index in [0.29, 0.717) is 22.4 Å². The molecule has 3 heterocycles. The summed E-state index contributed by atoms with van der Waals surface area (Å²) in [6.45, 7) is 5.64. The number of urea groups is 1. The van der Waals surface area contributed by atoms with E-state index in [1.165, 1.54) is 11.0 Å². The first-order chi connectivity index (χ1) is 20.6. The number of halogens is 1. The molecule has 1 aliphatic carbocycles. The van der Waals surface area contributed by atoms with Crippen molar-refractivity contribution in [3.63, 3.8) is 0 Å². The number of thiophene rings is 1. The van der Waals surface area contributed by atoms with Crippen LogP contribution in [0.2, 0.25) is 0 Å². The zero-order valence-corrected chi connectivity index (χ0v) is 26.3. The van der Waals surface area contributed by atoms with Crippen LogP contribution in [0.3, 0.4) is 0 Å². The zero-order valence-electron chi connectivity index (χ0n) is 23.9. The molecule has 10 heteroatoms. The number of amides is 5. The maximum atomic E-state index is 13.8. The molecule has 43 heavy (non-hydrogen) atoms. The molecule has 0 radical (unpaired) electrons. The second-order valence-corrected chi connectivity index (χ2v) is 12.8. The molecule has 2 aromatic carbocycles. The molecule has 218 valence electrons. The fraction of sp³-hybridized carbons (Fsp3) is 0.212. The van der Waals surface area contributed by atoms with Crippen molar-refractivity contribution in [2.45, 2.75) is 46.5 Å². The van der Waals surface area contributed by atoms with Gasteiger partial charge in [0.1, 0.15) is 10.6 Å². The quantitative estimate of drug-likeness (QED) is 0.178. The van der Waals surface area contributed by atoms with Crippen LogP contribution in [0.15, 0.2) is 64.6 Å². The Balaban J connectivity index is 1.42. The minimum Gasteiger partial charge on any atom is -0.322 e. The van der Waals surface area contributed by atoms with Gasteiger partial charge >= 0.3 is 6.03 Å². The monoisotopic (exact) mass is 656 g/mol. The Morgan fingerprint density at radius 1 is 1.00 bits per heavy atom. The molecule has 4 aromatic rings. The van der Waals surface area contributed by atoms with Crippen molar-refractivity contribution < 1.29 is 19.2 Å². The number of para-hydroxylation sites is 1. The van der Waals surface area contributed by atoms with Gasteiger partial charge in [0.15, 0.2) is 0 Å². The summed E-state index contributed by atoms with van der Waals surface area (Å²) in [7, 11) is 0. The summed E-state index contributed by atoms with van der Waals surface area (Å²) >= 11 is 5.03. The highest BCUT2D eigenvalue weighted by atomic mass is 79.9. The van der Waals surface area contributed by atoms with Crippen LogP contribution >= 0.6 is 27.3 Å². The van der Waals surface area contributed by atoms with E-state index >= 15 is 0 Å². The van der Waals surface area contributed by atoms with Gasteiger partial charge in [-0.1, -0.05) is 34.1 Å². The standard InChI is InChI=1S/C33H29BrN4O4S/c1-18-15-22(34)13-14-26(18)38-31(41)25(29(39)36-33(38)42)17-21-16-19(2)37(20(21)3)32-28(24-11-7-8-12-27(24)43-32)30(40)35-23-9-5-4-6-10-23/h4-6,9-10,13-17H,7-8,11-12H2,1-3H3,(H,35,40)(H,36,39,42)/b25-17+. The average Bonchev–Trinajstić information content (AvgIpc) is 3.48. The third kappa shape index (κ3) is 5.25. The number of barbiturate groups is 1. The first-order valence-electron chi connectivity index (χ1n) is 14.0. The molecule has 8 nitrogen and oxygen atoms in total. The molecular formula is C33H29BrN4O4S. The Kier molecular flexibility index (Phi) is 7.66. The molecule has 2 N–H and O–H groups in total. The van der Waals surface area contributed by atoms with Crippen molar-refractivity contribution in [2.24, 2.45) is 0 Å². The largest absolute Gasteiger partial charge is 0.335 e. The Bertz CT molecular complexity index is 1850. The van der Waals surface area contributed by atoms with Gasteiger partial charge in [-0.2, -0.15) is 0 Å². The maximum Gasteiger partial charge on any atom is 0.335 e. The van der Waals surface area contributed by atoms with Crippen molar-refractivity contribution in [2.75, 3.05) is 10.2 Å². The molecule has 1 saturated heterocycles. The Morgan fingerprint density at radius 2 is 1.74 bits per heavy atom. The van der Waals surface area contributed by atoms with Crippen LogP contribution in [0.5, 0.6) is 0 Å². The van der Waals surface area contributed by atoms with Crippen LogP contribution in [0.4, 0.5) is 16.2 Å². The average molecular weight is 658 g/mol. The van der Waals surface area contributed by atoms with Crippen LogP contribution < -0.4 is 15.5 Å². The van der Waals surface area contributed by atoms with Gasteiger partial charge in [-0.25, -0.2) is 9.69 Å². The van der Waals surface area contributed by atoms with Gasteiger partial charge in [-0.05, 0) is 106 Å². The first kappa shape index (κ1) is 28.8. The van der Waals surface area contributed by atoms with E-state index in [9.17, 15) is 19.2 Å². The minimum absolute atomic E-state index is 0.144. The molecule has 0 bridgehead atoms. The van der Waals surface area contributed by atoms with E-state index < -0.39 is 17.8 Å².